The highest BCUT2D eigenvalue weighted by atomic mass is 19.1. The average molecular weight is 528 g/mol. The topological polar surface area (TPSA) is 93.5 Å². The Morgan fingerprint density at radius 3 is 2.39 bits per heavy atom. The summed E-state index contributed by atoms with van der Waals surface area (Å²) in [5.41, 5.74) is 1.25. The number of hydrogen-bond acceptors (Lipinski definition) is 6. The van der Waals surface area contributed by atoms with Crippen molar-refractivity contribution in [2.45, 2.75) is 19.9 Å². The van der Waals surface area contributed by atoms with Crippen molar-refractivity contribution in [2.24, 2.45) is 0 Å². The second-order valence-electron chi connectivity index (χ2n) is 8.62. The van der Waals surface area contributed by atoms with Crippen molar-refractivity contribution >= 4 is 17.6 Å². The van der Waals surface area contributed by atoms with Crippen molar-refractivity contribution < 1.29 is 32.6 Å². The normalized spacial score (nSPS) is 10.7. The van der Waals surface area contributed by atoms with Crippen molar-refractivity contribution in [3.63, 3.8) is 0 Å². The monoisotopic (exact) mass is 527 g/mol. The zero-order chi connectivity index (χ0) is 27.5. The molecule has 3 amide bonds. The minimum Gasteiger partial charge on any atom is -0.493 e. The van der Waals surface area contributed by atoms with Crippen molar-refractivity contribution in [1.82, 2.24) is 9.80 Å². The van der Waals surface area contributed by atoms with Crippen molar-refractivity contribution in [2.75, 3.05) is 52.9 Å². The van der Waals surface area contributed by atoms with Crippen LogP contribution in [0.15, 0.2) is 59.0 Å². The third-order valence-electron chi connectivity index (χ3n) is 5.87. The molecule has 3 rings (SSSR count). The molecule has 9 nitrogen and oxygen atoms in total. The fourth-order valence-electron chi connectivity index (χ4n) is 3.84. The van der Waals surface area contributed by atoms with Gasteiger partial charge in [-0.05, 0) is 61.4 Å². The number of carbonyl (C=O) groups is 2. The number of methoxy groups -OCH3 is 3. The summed E-state index contributed by atoms with van der Waals surface area (Å²) in [4.78, 5) is 29.5. The largest absolute Gasteiger partial charge is 0.493 e. The van der Waals surface area contributed by atoms with Crippen LogP contribution in [-0.2, 0) is 22.5 Å². The van der Waals surface area contributed by atoms with Crippen LogP contribution < -0.4 is 14.8 Å². The van der Waals surface area contributed by atoms with E-state index in [1.54, 1.807) is 25.2 Å². The number of hydrogen-bond donors (Lipinski definition) is 1. The zero-order valence-electron chi connectivity index (χ0n) is 22.2. The Hall–Kier alpha value is -4.05. The molecule has 0 aliphatic carbocycles. The quantitative estimate of drug-likeness (QED) is 0.352. The SMILES string of the molecule is COCCN(CC(=O)N(CCc1ccc(OC)c(OC)c1)Cc1ccc(C)o1)C(=O)Nc1cccc(F)c1. The van der Waals surface area contributed by atoms with Crippen LogP contribution in [0.5, 0.6) is 11.5 Å². The van der Waals surface area contributed by atoms with Gasteiger partial charge >= 0.3 is 6.03 Å². The number of aryl methyl sites for hydroxylation is 1. The molecule has 1 aromatic heterocycles. The van der Waals surface area contributed by atoms with E-state index in [1.807, 2.05) is 37.3 Å². The molecule has 0 fully saturated rings. The summed E-state index contributed by atoms with van der Waals surface area (Å²) < 4.78 is 35.1. The van der Waals surface area contributed by atoms with Gasteiger partial charge in [0, 0.05) is 25.9 Å². The molecule has 38 heavy (non-hydrogen) atoms. The van der Waals surface area contributed by atoms with E-state index < -0.39 is 11.8 Å². The first-order chi connectivity index (χ1) is 18.3. The molecular weight excluding hydrogens is 493 g/mol. The summed E-state index contributed by atoms with van der Waals surface area (Å²) in [6, 6.07) is 14.3. The van der Waals surface area contributed by atoms with Gasteiger partial charge < -0.3 is 33.7 Å². The van der Waals surface area contributed by atoms with Gasteiger partial charge in [-0.2, -0.15) is 0 Å². The van der Waals surface area contributed by atoms with Crippen LogP contribution in [0.3, 0.4) is 0 Å². The molecule has 0 unspecified atom stereocenters. The molecule has 0 radical (unpaired) electrons. The highest BCUT2D eigenvalue weighted by molar-refractivity contribution is 5.92. The summed E-state index contributed by atoms with van der Waals surface area (Å²) in [5.74, 6) is 1.85. The molecule has 0 saturated carbocycles. The number of nitrogens with one attached hydrogen (secondary N) is 1. The molecule has 0 spiro atoms. The van der Waals surface area contributed by atoms with Gasteiger partial charge in [-0.15, -0.1) is 0 Å². The van der Waals surface area contributed by atoms with Gasteiger partial charge in [0.1, 0.15) is 23.9 Å². The maximum Gasteiger partial charge on any atom is 0.322 e. The van der Waals surface area contributed by atoms with Crippen LogP contribution in [0, 0.1) is 12.7 Å². The number of benzene rings is 2. The molecular formula is C28H34FN3O6. The fraction of sp³-hybridized carbons (Fsp3) is 0.357. The number of nitrogens with zero attached hydrogens (tertiary/aromatic N) is 2. The summed E-state index contributed by atoms with van der Waals surface area (Å²) >= 11 is 0. The number of furan rings is 1. The number of halogens is 1. The number of rotatable bonds is 13. The van der Waals surface area contributed by atoms with E-state index in [0.29, 0.717) is 35.9 Å². The predicted octanol–water partition coefficient (Wildman–Crippen LogP) is 4.50. The second-order valence-corrected chi connectivity index (χ2v) is 8.62. The van der Waals surface area contributed by atoms with Gasteiger partial charge in [-0.25, -0.2) is 9.18 Å². The van der Waals surface area contributed by atoms with Gasteiger partial charge in [-0.1, -0.05) is 12.1 Å². The van der Waals surface area contributed by atoms with Crippen molar-refractivity contribution in [1.29, 1.82) is 0 Å². The lowest BCUT2D eigenvalue weighted by Gasteiger charge is -2.27. The van der Waals surface area contributed by atoms with E-state index in [4.69, 9.17) is 18.6 Å². The Balaban J connectivity index is 1.75. The van der Waals surface area contributed by atoms with Crippen LogP contribution in [0.25, 0.3) is 0 Å². The summed E-state index contributed by atoms with van der Waals surface area (Å²) in [5, 5.41) is 2.65. The van der Waals surface area contributed by atoms with Gasteiger partial charge in [0.25, 0.3) is 0 Å². The maximum atomic E-state index is 13.6. The van der Waals surface area contributed by atoms with Gasteiger partial charge in [0.2, 0.25) is 5.91 Å². The second kappa shape index (κ2) is 14.0. The standard InChI is InChI=1S/C28H34FN3O6/c1-20-8-10-24(38-20)18-31(13-12-21-9-11-25(36-3)26(16-21)37-4)27(33)19-32(14-15-35-2)28(34)30-23-7-5-6-22(29)17-23/h5-11,16-17H,12-15,18-19H2,1-4H3,(H,30,34). The molecule has 2 aromatic carbocycles. The lowest BCUT2D eigenvalue weighted by Crippen LogP contribution is -2.46. The summed E-state index contributed by atoms with van der Waals surface area (Å²) in [6.07, 6.45) is 0.541. The minimum atomic E-state index is -0.533. The van der Waals surface area contributed by atoms with Gasteiger partial charge in [0.05, 0.1) is 27.4 Å². The Bertz CT molecular complexity index is 1210. The van der Waals surface area contributed by atoms with E-state index in [0.717, 1.165) is 11.3 Å². The lowest BCUT2D eigenvalue weighted by atomic mass is 10.1. The predicted molar refractivity (Wildman–Crippen MR) is 141 cm³/mol. The molecule has 0 saturated heterocycles. The van der Waals surface area contributed by atoms with Gasteiger partial charge in [0.15, 0.2) is 11.5 Å². The third-order valence-corrected chi connectivity index (χ3v) is 5.87. The molecule has 0 atom stereocenters. The van der Waals surface area contributed by atoms with E-state index in [2.05, 4.69) is 5.32 Å². The number of urea groups is 1. The van der Waals surface area contributed by atoms with E-state index in [9.17, 15) is 14.0 Å². The molecule has 3 aromatic rings. The summed E-state index contributed by atoms with van der Waals surface area (Å²) in [7, 11) is 4.66. The van der Waals surface area contributed by atoms with E-state index in [-0.39, 0.29) is 32.1 Å². The number of amides is 3. The highest BCUT2D eigenvalue weighted by Gasteiger charge is 2.23. The fourth-order valence-corrected chi connectivity index (χ4v) is 3.84. The average Bonchev–Trinajstić information content (AvgIpc) is 3.32. The first-order valence-electron chi connectivity index (χ1n) is 12.2. The molecule has 204 valence electrons. The molecule has 0 aliphatic heterocycles. The minimum absolute atomic E-state index is 0.173. The molecule has 1 heterocycles. The summed E-state index contributed by atoms with van der Waals surface area (Å²) in [6.45, 7) is 2.65. The lowest BCUT2D eigenvalue weighted by molar-refractivity contribution is -0.132. The first kappa shape index (κ1) is 28.5. The first-order valence-corrected chi connectivity index (χ1v) is 12.2. The number of ether oxygens (including phenoxy) is 3. The third kappa shape index (κ3) is 8.24. The molecule has 0 aliphatic rings. The Morgan fingerprint density at radius 1 is 0.947 bits per heavy atom. The Morgan fingerprint density at radius 2 is 1.74 bits per heavy atom. The van der Waals surface area contributed by atoms with Crippen LogP contribution in [0.4, 0.5) is 14.9 Å². The van der Waals surface area contributed by atoms with E-state index in [1.165, 1.54) is 30.2 Å². The van der Waals surface area contributed by atoms with Crippen LogP contribution in [-0.4, -0.2) is 69.3 Å². The highest BCUT2D eigenvalue weighted by Crippen LogP contribution is 2.28. The van der Waals surface area contributed by atoms with Crippen LogP contribution in [0.2, 0.25) is 0 Å². The van der Waals surface area contributed by atoms with Crippen LogP contribution >= 0.6 is 0 Å². The smallest absolute Gasteiger partial charge is 0.322 e. The number of anilines is 1. The van der Waals surface area contributed by atoms with Crippen molar-refractivity contribution in [3.05, 3.63) is 77.5 Å². The van der Waals surface area contributed by atoms with Gasteiger partial charge in [-0.3, -0.25) is 4.79 Å². The molecule has 1 N–H and O–H groups in total. The van der Waals surface area contributed by atoms with Crippen molar-refractivity contribution in [3.8, 4) is 11.5 Å². The maximum absolute atomic E-state index is 13.6. The Labute approximate surface area is 222 Å². The van der Waals surface area contributed by atoms with Crippen LogP contribution in [0.1, 0.15) is 17.1 Å². The Kier molecular flexibility index (Phi) is 10.5. The van der Waals surface area contributed by atoms with E-state index >= 15 is 0 Å². The zero-order valence-corrected chi connectivity index (χ0v) is 22.2. The molecule has 10 heteroatoms. The number of carbonyl (C=O) groups excluding carboxylic acids is 2. The molecule has 0 bridgehead atoms.